The fourth-order valence-electron chi connectivity index (χ4n) is 3.05. The third-order valence-corrected chi connectivity index (χ3v) is 4.32. The van der Waals surface area contributed by atoms with Crippen LogP contribution in [0.4, 0.5) is 10.1 Å². The molecule has 0 unspecified atom stereocenters. The van der Waals surface area contributed by atoms with E-state index in [0.717, 1.165) is 6.07 Å². The first-order chi connectivity index (χ1) is 12.5. The van der Waals surface area contributed by atoms with Gasteiger partial charge >= 0.3 is 5.97 Å². The number of amides is 2. The van der Waals surface area contributed by atoms with Crippen LogP contribution in [-0.2, 0) is 14.3 Å². The molecule has 0 N–H and O–H groups in total. The van der Waals surface area contributed by atoms with Crippen molar-refractivity contribution < 1.29 is 23.5 Å². The maximum atomic E-state index is 14.5. The summed E-state index contributed by atoms with van der Waals surface area (Å²) in [7, 11) is 3.18. The number of rotatable bonds is 5. The lowest BCUT2D eigenvalue weighted by atomic mass is 10.0. The van der Waals surface area contributed by atoms with Crippen LogP contribution in [0.15, 0.2) is 18.2 Å². The third kappa shape index (κ3) is 5.28. The molecular weight excluding hydrogens is 351 g/mol. The molecule has 2 rings (SSSR count). The predicted octanol–water partition coefficient (Wildman–Crippen LogP) is 3.00. The highest BCUT2D eigenvalue weighted by molar-refractivity contribution is 5.99. The first-order valence-electron chi connectivity index (χ1n) is 9.04. The molecule has 0 radical (unpaired) electrons. The predicted molar refractivity (Wildman–Crippen MR) is 100.0 cm³/mol. The average molecular weight is 378 g/mol. The van der Waals surface area contributed by atoms with Crippen LogP contribution in [0, 0.1) is 11.7 Å². The van der Waals surface area contributed by atoms with Gasteiger partial charge in [-0.05, 0) is 51.8 Å². The minimum atomic E-state index is -0.608. The zero-order chi connectivity index (χ0) is 20.4. The number of anilines is 1. The SMILES string of the molecule is CN(C)C(=O)c1ccc(N2CC[C@H](CCC(=O)OC(C)(C)C)C2=O)c(F)c1. The number of ether oxygens (including phenoxy) is 1. The maximum Gasteiger partial charge on any atom is 0.306 e. The summed E-state index contributed by atoms with van der Waals surface area (Å²) in [6, 6.07) is 4.13. The molecule has 0 spiro atoms. The number of carbonyl (C=O) groups excluding carboxylic acids is 3. The topological polar surface area (TPSA) is 66.9 Å². The van der Waals surface area contributed by atoms with Crippen LogP contribution in [-0.4, -0.2) is 48.9 Å². The molecule has 0 saturated carbocycles. The molecule has 1 aromatic rings. The summed E-state index contributed by atoms with van der Waals surface area (Å²) in [5.74, 6) is -1.79. The van der Waals surface area contributed by atoms with Gasteiger partial charge in [-0.15, -0.1) is 0 Å². The number of carbonyl (C=O) groups is 3. The van der Waals surface area contributed by atoms with Gasteiger partial charge in [0, 0.05) is 38.5 Å². The van der Waals surface area contributed by atoms with E-state index < -0.39 is 11.4 Å². The van der Waals surface area contributed by atoms with Crippen LogP contribution in [0.3, 0.4) is 0 Å². The van der Waals surface area contributed by atoms with Crippen molar-refractivity contribution >= 4 is 23.5 Å². The molecular formula is C20H27FN2O4. The molecule has 0 aliphatic carbocycles. The number of nitrogens with zero attached hydrogens (tertiary/aromatic N) is 2. The third-order valence-electron chi connectivity index (χ3n) is 4.32. The summed E-state index contributed by atoms with van der Waals surface area (Å²) in [4.78, 5) is 39.1. The van der Waals surface area contributed by atoms with Crippen LogP contribution in [0.5, 0.6) is 0 Å². The Morgan fingerprint density at radius 2 is 1.96 bits per heavy atom. The summed E-state index contributed by atoms with van der Waals surface area (Å²) in [6.45, 7) is 5.76. The normalized spacial score (nSPS) is 17.2. The van der Waals surface area contributed by atoms with E-state index in [2.05, 4.69) is 0 Å². The second-order valence-electron chi connectivity index (χ2n) is 7.97. The Balaban J connectivity index is 2.02. The van der Waals surface area contributed by atoms with Crippen molar-refractivity contribution in [3.8, 4) is 0 Å². The van der Waals surface area contributed by atoms with Crippen molar-refractivity contribution in [3.05, 3.63) is 29.6 Å². The van der Waals surface area contributed by atoms with Gasteiger partial charge in [0.15, 0.2) is 0 Å². The number of hydrogen-bond donors (Lipinski definition) is 0. The van der Waals surface area contributed by atoms with Gasteiger partial charge in [0.25, 0.3) is 5.91 Å². The van der Waals surface area contributed by atoms with Crippen molar-refractivity contribution in [3.63, 3.8) is 0 Å². The van der Waals surface area contributed by atoms with Crippen LogP contribution in [0.1, 0.15) is 50.4 Å². The molecule has 0 aromatic heterocycles. The second kappa shape index (κ2) is 8.06. The molecule has 1 fully saturated rings. The van der Waals surface area contributed by atoms with Gasteiger partial charge in [-0.2, -0.15) is 0 Å². The average Bonchev–Trinajstić information content (AvgIpc) is 2.91. The standard InChI is InChI=1S/C20H27FN2O4/c1-20(2,3)27-17(24)9-7-13-10-11-23(19(13)26)16-8-6-14(12-15(16)21)18(25)22(4)5/h6,8,12-13H,7,9-11H2,1-5H3/t13-/m0/s1. The highest BCUT2D eigenvalue weighted by Gasteiger charge is 2.34. The number of halogens is 1. The summed E-state index contributed by atoms with van der Waals surface area (Å²) >= 11 is 0. The van der Waals surface area contributed by atoms with Crippen molar-refractivity contribution in [1.82, 2.24) is 4.90 Å². The first kappa shape index (κ1) is 20.9. The summed E-state index contributed by atoms with van der Waals surface area (Å²) in [6.07, 6.45) is 1.09. The van der Waals surface area contributed by atoms with Crippen molar-refractivity contribution in [2.45, 2.75) is 45.6 Å². The van der Waals surface area contributed by atoms with E-state index in [-0.39, 0.29) is 41.4 Å². The van der Waals surface area contributed by atoms with Gasteiger partial charge in [-0.25, -0.2) is 4.39 Å². The van der Waals surface area contributed by atoms with Gasteiger partial charge in [0.05, 0.1) is 5.69 Å². The Hall–Kier alpha value is -2.44. The van der Waals surface area contributed by atoms with Crippen LogP contribution in [0.2, 0.25) is 0 Å². The van der Waals surface area contributed by atoms with E-state index in [1.165, 1.54) is 21.9 Å². The molecule has 1 heterocycles. The van der Waals surface area contributed by atoms with E-state index in [1.807, 2.05) is 0 Å². The lowest BCUT2D eigenvalue weighted by Crippen LogP contribution is -2.29. The van der Waals surface area contributed by atoms with Crippen molar-refractivity contribution in [2.24, 2.45) is 5.92 Å². The second-order valence-corrected chi connectivity index (χ2v) is 7.97. The molecule has 148 valence electrons. The Bertz CT molecular complexity index is 740. The first-order valence-corrected chi connectivity index (χ1v) is 9.04. The molecule has 1 aliphatic heterocycles. The Kier molecular flexibility index (Phi) is 6.23. The van der Waals surface area contributed by atoms with E-state index in [1.54, 1.807) is 34.9 Å². The zero-order valence-corrected chi connectivity index (χ0v) is 16.5. The van der Waals surface area contributed by atoms with Crippen LogP contribution in [0.25, 0.3) is 0 Å². The molecule has 27 heavy (non-hydrogen) atoms. The monoisotopic (exact) mass is 378 g/mol. The lowest BCUT2D eigenvalue weighted by molar-refractivity contribution is -0.155. The molecule has 1 aliphatic rings. The van der Waals surface area contributed by atoms with Crippen molar-refractivity contribution in [2.75, 3.05) is 25.5 Å². The quantitative estimate of drug-likeness (QED) is 0.739. The van der Waals surface area contributed by atoms with E-state index in [4.69, 9.17) is 4.74 Å². The molecule has 7 heteroatoms. The van der Waals surface area contributed by atoms with Crippen molar-refractivity contribution in [1.29, 1.82) is 0 Å². The molecule has 1 saturated heterocycles. The minimum absolute atomic E-state index is 0.153. The number of benzene rings is 1. The molecule has 0 bridgehead atoms. The molecule has 1 atom stereocenters. The van der Waals surface area contributed by atoms with Crippen LogP contribution >= 0.6 is 0 Å². The fraction of sp³-hybridized carbons (Fsp3) is 0.550. The van der Waals surface area contributed by atoms with E-state index >= 15 is 0 Å². The maximum absolute atomic E-state index is 14.5. The lowest BCUT2D eigenvalue weighted by Gasteiger charge is -2.20. The van der Waals surface area contributed by atoms with E-state index in [9.17, 15) is 18.8 Å². The van der Waals surface area contributed by atoms with Gasteiger partial charge in [-0.1, -0.05) is 0 Å². The molecule has 6 nitrogen and oxygen atoms in total. The fourth-order valence-corrected chi connectivity index (χ4v) is 3.05. The molecule has 2 amide bonds. The molecule has 1 aromatic carbocycles. The largest absolute Gasteiger partial charge is 0.460 e. The Morgan fingerprint density at radius 1 is 1.30 bits per heavy atom. The van der Waals surface area contributed by atoms with Gasteiger partial charge in [0.1, 0.15) is 11.4 Å². The summed E-state index contributed by atoms with van der Waals surface area (Å²) < 4.78 is 19.7. The highest BCUT2D eigenvalue weighted by atomic mass is 19.1. The van der Waals surface area contributed by atoms with Gasteiger partial charge in [-0.3, -0.25) is 14.4 Å². The summed E-state index contributed by atoms with van der Waals surface area (Å²) in [5, 5.41) is 0. The number of hydrogen-bond acceptors (Lipinski definition) is 4. The minimum Gasteiger partial charge on any atom is -0.460 e. The summed E-state index contributed by atoms with van der Waals surface area (Å²) in [5.41, 5.74) is -0.165. The zero-order valence-electron chi connectivity index (χ0n) is 16.5. The Morgan fingerprint density at radius 3 is 2.52 bits per heavy atom. The number of esters is 1. The highest BCUT2D eigenvalue weighted by Crippen LogP contribution is 2.30. The van der Waals surface area contributed by atoms with Gasteiger partial charge in [0.2, 0.25) is 5.91 Å². The Labute approximate surface area is 159 Å². The smallest absolute Gasteiger partial charge is 0.306 e. The van der Waals surface area contributed by atoms with Crippen LogP contribution < -0.4 is 4.90 Å². The van der Waals surface area contributed by atoms with Gasteiger partial charge < -0.3 is 14.5 Å². The van der Waals surface area contributed by atoms with E-state index in [0.29, 0.717) is 19.4 Å².